The molecule has 1 N–H and O–H groups in total. The SMILES string of the molecule is CCOC(=O)N(C)C1CCN([C@@H]2Cc3ccccc3[C@@H]2O)CC1. The summed E-state index contributed by atoms with van der Waals surface area (Å²) in [5.74, 6) is 0. The number of hydrogen-bond acceptors (Lipinski definition) is 4. The predicted octanol–water partition coefficient (Wildman–Crippen LogP) is 2.20. The average molecular weight is 318 g/mol. The van der Waals surface area contributed by atoms with Crippen molar-refractivity contribution in [1.29, 1.82) is 0 Å². The Kier molecular flexibility index (Phi) is 4.87. The second-order valence-corrected chi connectivity index (χ2v) is 6.49. The number of benzene rings is 1. The molecule has 5 heteroatoms. The molecule has 1 heterocycles. The molecule has 0 aromatic heterocycles. The Morgan fingerprint density at radius 2 is 2.04 bits per heavy atom. The lowest BCUT2D eigenvalue weighted by atomic mass is 10.0. The molecule has 3 rings (SSSR count). The monoisotopic (exact) mass is 318 g/mol. The third kappa shape index (κ3) is 3.21. The van der Waals surface area contributed by atoms with E-state index in [1.165, 1.54) is 5.56 Å². The molecule has 1 aromatic carbocycles. The second kappa shape index (κ2) is 6.89. The summed E-state index contributed by atoms with van der Waals surface area (Å²) < 4.78 is 5.08. The molecule has 2 atom stereocenters. The Labute approximate surface area is 137 Å². The topological polar surface area (TPSA) is 53.0 Å². The van der Waals surface area contributed by atoms with E-state index in [-0.39, 0.29) is 18.2 Å². The van der Waals surface area contributed by atoms with Crippen LogP contribution in [0.3, 0.4) is 0 Å². The van der Waals surface area contributed by atoms with Crippen molar-refractivity contribution in [3.63, 3.8) is 0 Å². The predicted molar refractivity (Wildman–Crippen MR) is 88.3 cm³/mol. The zero-order chi connectivity index (χ0) is 16.4. The molecule has 0 radical (unpaired) electrons. The standard InChI is InChI=1S/C18H26N2O3/c1-3-23-18(22)19(2)14-8-10-20(11-9-14)16-12-13-6-4-5-7-15(13)17(16)21/h4-7,14,16-17,21H,3,8-12H2,1-2H3/t16-,17+/m1/s1. The van der Waals surface area contributed by atoms with E-state index >= 15 is 0 Å². The van der Waals surface area contributed by atoms with Crippen LogP contribution in [-0.4, -0.2) is 59.8 Å². The molecule has 0 spiro atoms. The molecule has 1 aliphatic carbocycles. The Morgan fingerprint density at radius 3 is 2.70 bits per heavy atom. The Morgan fingerprint density at radius 1 is 1.35 bits per heavy atom. The summed E-state index contributed by atoms with van der Waals surface area (Å²) in [7, 11) is 1.82. The molecule has 5 nitrogen and oxygen atoms in total. The van der Waals surface area contributed by atoms with E-state index in [4.69, 9.17) is 4.74 Å². The summed E-state index contributed by atoms with van der Waals surface area (Å²) in [5, 5.41) is 10.6. The largest absolute Gasteiger partial charge is 0.450 e. The number of carbonyl (C=O) groups is 1. The first-order chi connectivity index (χ1) is 11.1. The summed E-state index contributed by atoms with van der Waals surface area (Å²) in [6, 6.07) is 8.56. The van der Waals surface area contributed by atoms with Crippen LogP contribution in [0.15, 0.2) is 24.3 Å². The van der Waals surface area contributed by atoms with Crippen LogP contribution in [0.1, 0.15) is 37.0 Å². The van der Waals surface area contributed by atoms with Gasteiger partial charge in [-0.3, -0.25) is 4.90 Å². The van der Waals surface area contributed by atoms with Gasteiger partial charge in [0.1, 0.15) is 0 Å². The number of aliphatic hydroxyl groups excluding tert-OH is 1. The van der Waals surface area contributed by atoms with Crippen molar-refractivity contribution in [2.24, 2.45) is 0 Å². The molecule has 0 unspecified atom stereocenters. The van der Waals surface area contributed by atoms with Crippen molar-refractivity contribution >= 4 is 6.09 Å². The highest BCUT2D eigenvalue weighted by molar-refractivity contribution is 5.67. The Bertz CT molecular complexity index is 555. The number of aliphatic hydroxyl groups is 1. The summed E-state index contributed by atoms with van der Waals surface area (Å²) in [5.41, 5.74) is 2.33. The number of piperidine rings is 1. The maximum atomic E-state index is 11.8. The fourth-order valence-electron chi connectivity index (χ4n) is 3.86. The summed E-state index contributed by atoms with van der Waals surface area (Å²) in [6.07, 6.45) is 2.13. The highest BCUT2D eigenvalue weighted by Crippen LogP contribution is 2.35. The molecular weight excluding hydrogens is 292 g/mol. The van der Waals surface area contributed by atoms with Gasteiger partial charge in [0.2, 0.25) is 0 Å². The lowest BCUT2D eigenvalue weighted by Gasteiger charge is -2.39. The normalized spacial score (nSPS) is 25.2. The van der Waals surface area contributed by atoms with Crippen molar-refractivity contribution in [1.82, 2.24) is 9.80 Å². The van der Waals surface area contributed by atoms with Crippen molar-refractivity contribution < 1.29 is 14.6 Å². The van der Waals surface area contributed by atoms with E-state index < -0.39 is 6.10 Å². The molecule has 1 saturated heterocycles. The average Bonchev–Trinajstić information content (AvgIpc) is 2.92. The number of fused-ring (bicyclic) bond motifs is 1. The highest BCUT2D eigenvalue weighted by Gasteiger charge is 2.37. The lowest BCUT2D eigenvalue weighted by molar-refractivity contribution is 0.0276. The summed E-state index contributed by atoms with van der Waals surface area (Å²) in [6.45, 7) is 4.05. The van der Waals surface area contributed by atoms with Crippen LogP contribution in [0, 0.1) is 0 Å². The molecule has 0 bridgehead atoms. The molecule has 1 fully saturated rings. The third-order valence-electron chi connectivity index (χ3n) is 5.24. The van der Waals surface area contributed by atoms with Crippen LogP contribution in [0.4, 0.5) is 4.79 Å². The zero-order valence-corrected chi connectivity index (χ0v) is 13.9. The van der Waals surface area contributed by atoms with Gasteiger partial charge in [0, 0.05) is 32.2 Å². The van der Waals surface area contributed by atoms with Crippen LogP contribution in [0.25, 0.3) is 0 Å². The smallest absolute Gasteiger partial charge is 0.409 e. The number of amides is 1. The number of likely N-dealkylation sites (tertiary alicyclic amines) is 1. The number of hydrogen-bond donors (Lipinski definition) is 1. The molecular formula is C18H26N2O3. The molecule has 2 aliphatic rings. The summed E-state index contributed by atoms with van der Waals surface area (Å²) >= 11 is 0. The molecule has 1 aromatic rings. The van der Waals surface area contributed by atoms with Crippen LogP contribution >= 0.6 is 0 Å². The highest BCUT2D eigenvalue weighted by atomic mass is 16.6. The van der Waals surface area contributed by atoms with Crippen LogP contribution in [0.2, 0.25) is 0 Å². The van der Waals surface area contributed by atoms with E-state index in [2.05, 4.69) is 11.0 Å². The van der Waals surface area contributed by atoms with Gasteiger partial charge < -0.3 is 14.7 Å². The number of carbonyl (C=O) groups excluding carboxylic acids is 1. The number of ether oxygens (including phenoxy) is 1. The lowest BCUT2D eigenvalue weighted by Crippen LogP contribution is -2.49. The van der Waals surface area contributed by atoms with E-state index in [1.807, 2.05) is 32.2 Å². The van der Waals surface area contributed by atoms with E-state index in [0.717, 1.165) is 37.9 Å². The van der Waals surface area contributed by atoms with Crippen molar-refractivity contribution in [2.45, 2.75) is 44.4 Å². The van der Waals surface area contributed by atoms with Gasteiger partial charge in [-0.25, -0.2) is 4.79 Å². The molecule has 1 aliphatic heterocycles. The van der Waals surface area contributed by atoms with Gasteiger partial charge in [-0.05, 0) is 37.3 Å². The first kappa shape index (κ1) is 16.3. The maximum absolute atomic E-state index is 11.8. The van der Waals surface area contributed by atoms with Gasteiger partial charge >= 0.3 is 6.09 Å². The quantitative estimate of drug-likeness (QED) is 0.928. The van der Waals surface area contributed by atoms with Gasteiger partial charge in [-0.2, -0.15) is 0 Å². The first-order valence-corrected chi connectivity index (χ1v) is 8.51. The van der Waals surface area contributed by atoms with Gasteiger partial charge in [-0.1, -0.05) is 24.3 Å². The van der Waals surface area contributed by atoms with E-state index in [0.29, 0.717) is 6.61 Å². The van der Waals surface area contributed by atoms with E-state index in [1.54, 1.807) is 4.90 Å². The van der Waals surface area contributed by atoms with Crippen molar-refractivity contribution in [2.75, 3.05) is 26.7 Å². The molecule has 23 heavy (non-hydrogen) atoms. The number of rotatable bonds is 3. The van der Waals surface area contributed by atoms with Gasteiger partial charge in [0.05, 0.1) is 12.7 Å². The Hall–Kier alpha value is -1.59. The van der Waals surface area contributed by atoms with Crippen LogP contribution in [0.5, 0.6) is 0 Å². The minimum Gasteiger partial charge on any atom is -0.450 e. The molecule has 0 saturated carbocycles. The minimum atomic E-state index is -0.398. The summed E-state index contributed by atoms with van der Waals surface area (Å²) in [4.78, 5) is 15.9. The second-order valence-electron chi connectivity index (χ2n) is 6.49. The minimum absolute atomic E-state index is 0.168. The third-order valence-corrected chi connectivity index (χ3v) is 5.24. The van der Waals surface area contributed by atoms with Crippen molar-refractivity contribution in [3.8, 4) is 0 Å². The van der Waals surface area contributed by atoms with Gasteiger partial charge in [0.25, 0.3) is 0 Å². The van der Waals surface area contributed by atoms with Crippen LogP contribution < -0.4 is 0 Å². The van der Waals surface area contributed by atoms with Crippen molar-refractivity contribution in [3.05, 3.63) is 35.4 Å². The Balaban J connectivity index is 1.57. The van der Waals surface area contributed by atoms with Gasteiger partial charge in [-0.15, -0.1) is 0 Å². The van der Waals surface area contributed by atoms with E-state index in [9.17, 15) is 9.90 Å². The van der Waals surface area contributed by atoms with Gasteiger partial charge in [0.15, 0.2) is 0 Å². The van der Waals surface area contributed by atoms with Crippen LogP contribution in [-0.2, 0) is 11.2 Å². The molecule has 1 amide bonds. The molecule has 126 valence electrons. The maximum Gasteiger partial charge on any atom is 0.409 e. The number of nitrogens with zero attached hydrogens (tertiary/aromatic N) is 2. The fraction of sp³-hybridized carbons (Fsp3) is 0.611. The fourth-order valence-corrected chi connectivity index (χ4v) is 3.86. The first-order valence-electron chi connectivity index (χ1n) is 8.51. The zero-order valence-electron chi connectivity index (χ0n) is 13.9.